The van der Waals surface area contributed by atoms with E-state index in [2.05, 4.69) is 10.4 Å². The van der Waals surface area contributed by atoms with Crippen LogP contribution in [0.4, 0.5) is 5.69 Å². The molecule has 0 aliphatic carbocycles. The fraction of sp³-hybridized carbons (Fsp3) is 0.211. The number of nitrogens with one attached hydrogen (secondary N) is 1. The maximum absolute atomic E-state index is 12.6. The summed E-state index contributed by atoms with van der Waals surface area (Å²) in [7, 11) is 2.94. The van der Waals surface area contributed by atoms with Gasteiger partial charge in [0.2, 0.25) is 5.91 Å². The third-order valence-electron chi connectivity index (χ3n) is 4.09. The van der Waals surface area contributed by atoms with Gasteiger partial charge in [0, 0.05) is 17.5 Å². The Morgan fingerprint density at radius 3 is 2.48 bits per heavy atom. The van der Waals surface area contributed by atoms with E-state index >= 15 is 0 Å². The van der Waals surface area contributed by atoms with Gasteiger partial charge in [0.25, 0.3) is 5.56 Å². The van der Waals surface area contributed by atoms with Crippen LogP contribution >= 0.6 is 11.6 Å². The van der Waals surface area contributed by atoms with Crippen molar-refractivity contribution >= 4 is 34.0 Å². The average molecular weight is 388 g/mol. The number of hydrogen-bond donors (Lipinski definition) is 1. The van der Waals surface area contributed by atoms with E-state index < -0.39 is 5.91 Å². The molecule has 8 heteroatoms. The number of anilines is 1. The van der Waals surface area contributed by atoms with E-state index in [4.69, 9.17) is 21.1 Å². The van der Waals surface area contributed by atoms with Crippen LogP contribution in [0.2, 0.25) is 5.02 Å². The normalized spacial score (nSPS) is 10.7. The summed E-state index contributed by atoms with van der Waals surface area (Å²) in [5.41, 5.74) is 0.727. The number of hydrogen-bond acceptors (Lipinski definition) is 5. The number of benzene rings is 2. The predicted molar refractivity (Wildman–Crippen MR) is 104 cm³/mol. The van der Waals surface area contributed by atoms with Crippen LogP contribution in [0.1, 0.15) is 5.69 Å². The number of halogens is 1. The Hall–Kier alpha value is -3.06. The third kappa shape index (κ3) is 3.73. The molecule has 1 N–H and O–H groups in total. The zero-order valence-corrected chi connectivity index (χ0v) is 15.8. The van der Waals surface area contributed by atoms with Crippen molar-refractivity contribution in [3.8, 4) is 11.5 Å². The molecule has 0 aliphatic rings. The Morgan fingerprint density at radius 2 is 1.81 bits per heavy atom. The van der Waals surface area contributed by atoms with Crippen molar-refractivity contribution in [3.05, 3.63) is 57.5 Å². The van der Waals surface area contributed by atoms with Gasteiger partial charge >= 0.3 is 0 Å². The fourth-order valence-electron chi connectivity index (χ4n) is 2.80. The molecule has 0 saturated heterocycles. The molecule has 140 valence electrons. The molecule has 3 aromatic rings. The Labute approximate surface area is 160 Å². The number of carbonyl (C=O) groups excluding carboxylic acids is 1. The van der Waals surface area contributed by atoms with E-state index in [-0.39, 0.29) is 12.1 Å². The van der Waals surface area contributed by atoms with E-state index in [1.807, 2.05) is 12.1 Å². The lowest BCUT2D eigenvalue weighted by atomic mass is 10.1. The molecule has 0 radical (unpaired) electrons. The van der Waals surface area contributed by atoms with Crippen molar-refractivity contribution in [2.24, 2.45) is 0 Å². The second-order valence-electron chi connectivity index (χ2n) is 5.83. The van der Waals surface area contributed by atoms with Gasteiger partial charge in [-0.3, -0.25) is 9.59 Å². The van der Waals surface area contributed by atoms with Crippen molar-refractivity contribution in [3.63, 3.8) is 0 Å². The van der Waals surface area contributed by atoms with E-state index in [0.29, 0.717) is 33.3 Å². The number of methoxy groups -OCH3 is 2. The summed E-state index contributed by atoms with van der Waals surface area (Å²) in [6.45, 7) is 1.56. The Bertz CT molecular complexity index is 1080. The molecule has 0 unspecified atom stereocenters. The summed E-state index contributed by atoms with van der Waals surface area (Å²) >= 11 is 6.07. The van der Waals surface area contributed by atoms with Crippen LogP contribution in [0, 0.1) is 6.92 Å². The predicted octanol–water partition coefficient (Wildman–Crippen LogP) is 3.01. The first-order valence-electron chi connectivity index (χ1n) is 8.12. The summed E-state index contributed by atoms with van der Waals surface area (Å²) in [5, 5.41) is 8.58. The van der Waals surface area contributed by atoms with E-state index in [0.717, 1.165) is 10.1 Å². The molecule has 3 rings (SSSR count). The zero-order chi connectivity index (χ0) is 19.6. The molecule has 0 bridgehead atoms. The number of fused-ring (bicyclic) bond motifs is 1. The Kier molecular flexibility index (Phi) is 5.32. The zero-order valence-electron chi connectivity index (χ0n) is 15.1. The topological polar surface area (TPSA) is 82.5 Å². The first-order chi connectivity index (χ1) is 12.9. The summed E-state index contributed by atoms with van der Waals surface area (Å²) in [6.07, 6.45) is 0. The summed E-state index contributed by atoms with van der Waals surface area (Å²) < 4.78 is 11.5. The largest absolute Gasteiger partial charge is 0.495 e. The number of carbonyl (C=O) groups is 1. The van der Waals surface area contributed by atoms with Gasteiger partial charge < -0.3 is 14.8 Å². The summed E-state index contributed by atoms with van der Waals surface area (Å²) in [4.78, 5) is 25.1. The van der Waals surface area contributed by atoms with Gasteiger partial charge in [-0.2, -0.15) is 5.10 Å². The minimum atomic E-state index is -0.429. The molecule has 1 amide bonds. The van der Waals surface area contributed by atoms with Crippen molar-refractivity contribution in [2.45, 2.75) is 13.5 Å². The molecule has 0 aliphatic heterocycles. The summed E-state index contributed by atoms with van der Waals surface area (Å²) in [6, 6.07) is 10.3. The maximum Gasteiger partial charge on any atom is 0.275 e. The van der Waals surface area contributed by atoms with Crippen LogP contribution in [0.5, 0.6) is 11.5 Å². The number of aromatic nitrogens is 2. The lowest BCUT2D eigenvalue weighted by molar-refractivity contribution is -0.117. The van der Waals surface area contributed by atoms with Gasteiger partial charge in [0.05, 0.1) is 36.0 Å². The lowest BCUT2D eigenvalue weighted by Crippen LogP contribution is -2.30. The third-order valence-corrected chi connectivity index (χ3v) is 4.39. The number of ether oxygens (including phenoxy) is 2. The quantitative estimate of drug-likeness (QED) is 0.727. The van der Waals surface area contributed by atoms with Gasteiger partial charge in [0.15, 0.2) is 0 Å². The highest BCUT2D eigenvalue weighted by atomic mass is 35.5. The van der Waals surface area contributed by atoms with Gasteiger partial charge in [-0.1, -0.05) is 29.8 Å². The van der Waals surface area contributed by atoms with E-state index in [1.165, 1.54) is 14.2 Å². The van der Waals surface area contributed by atoms with E-state index in [9.17, 15) is 9.59 Å². The standard InChI is InChI=1S/C19H18ClN3O4/c1-11-12-6-4-5-7-13(12)19(25)23(22-11)10-18(24)21-15-9-16(26-2)14(20)8-17(15)27-3/h4-9H,10H2,1-3H3,(H,21,24). The number of nitrogens with zero attached hydrogens (tertiary/aromatic N) is 2. The fourth-order valence-corrected chi connectivity index (χ4v) is 3.03. The molecule has 2 aromatic carbocycles. The lowest BCUT2D eigenvalue weighted by Gasteiger charge is -2.14. The maximum atomic E-state index is 12.6. The van der Waals surface area contributed by atoms with Crippen LogP contribution in [0.15, 0.2) is 41.2 Å². The number of amides is 1. The number of rotatable bonds is 5. The van der Waals surface area contributed by atoms with Crippen molar-refractivity contribution in [1.29, 1.82) is 0 Å². The van der Waals surface area contributed by atoms with Crippen LogP contribution in [0.3, 0.4) is 0 Å². The van der Waals surface area contributed by atoms with Gasteiger partial charge in [-0.25, -0.2) is 4.68 Å². The molecule has 0 spiro atoms. The van der Waals surface area contributed by atoms with Crippen LogP contribution in [-0.2, 0) is 11.3 Å². The Morgan fingerprint density at radius 1 is 1.15 bits per heavy atom. The van der Waals surface area contributed by atoms with Crippen LogP contribution in [0.25, 0.3) is 10.8 Å². The van der Waals surface area contributed by atoms with Crippen molar-refractivity contribution < 1.29 is 14.3 Å². The molecule has 0 fully saturated rings. The highest BCUT2D eigenvalue weighted by Gasteiger charge is 2.15. The minimum absolute atomic E-state index is 0.237. The molecule has 7 nitrogen and oxygen atoms in total. The second kappa shape index (κ2) is 7.67. The summed E-state index contributed by atoms with van der Waals surface area (Å²) in [5.74, 6) is 0.343. The molecule has 27 heavy (non-hydrogen) atoms. The average Bonchev–Trinajstić information content (AvgIpc) is 2.66. The molecule has 0 atom stereocenters. The van der Waals surface area contributed by atoms with Gasteiger partial charge in [0.1, 0.15) is 18.0 Å². The molecular formula is C19H18ClN3O4. The van der Waals surface area contributed by atoms with Crippen molar-refractivity contribution in [2.75, 3.05) is 19.5 Å². The first kappa shape index (κ1) is 18.7. The smallest absolute Gasteiger partial charge is 0.275 e. The monoisotopic (exact) mass is 387 g/mol. The highest BCUT2D eigenvalue weighted by molar-refractivity contribution is 6.32. The second-order valence-corrected chi connectivity index (χ2v) is 6.24. The SMILES string of the molecule is COc1cc(NC(=O)Cn2nc(C)c3ccccc3c2=O)c(OC)cc1Cl. The van der Waals surface area contributed by atoms with Crippen LogP contribution < -0.4 is 20.3 Å². The van der Waals surface area contributed by atoms with Gasteiger partial charge in [-0.15, -0.1) is 0 Å². The van der Waals surface area contributed by atoms with Crippen molar-refractivity contribution in [1.82, 2.24) is 9.78 Å². The van der Waals surface area contributed by atoms with E-state index in [1.54, 1.807) is 31.2 Å². The molecule has 1 heterocycles. The minimum Gasteiger partial charge on any atom is -0.495 e. The highest BCUT2D eigenvalue weighted by Crippen LogP contribution is 2.35. The first-order valence-corrected chi connectivity index (χ1v) is 8.50. The molecule has 0 saturated carbocycles. The van der Waals surface area contributed by atoms with Gasteiger partial charge in [-0.05, 0) is 13.0 Å². The van der Waals surface area contributed by atoms with Crippen LogP contribution in [-0.4, -0.2) is 29.9 Å². The Balaban J connectivity index is 1.90. The number of aryl methyl sites for hydroxylation is 1. The molecule has 1 aromatic heterocycles. The molecular weight excluding hydrogens is 370 g/mol.